The lowest BCUT2D eigenvalue weighted by Gasteiger charge is -2.30. The largest absolute Gasteiger partial charge is 0.493 e. The van der Waals surface area contributed by atoms with E-state index in [0.29, 0.717) is 45.9 Å². The molecule has 0 fully saturated rings. The molecule has 0 bridgehead atoms. The number of carbonyl (C=O) groups is 2. The molecular formula is C26H24Cl2N2O4. The number of hydrogen-bond donors (Lipinski definition) is 1. The van der Waals surface area contributed by atoms with Gasteiger partial charge in [0.2, 0.25) is 0 Å². The van der Waals surface area contributed by atoms with Gasteiger partial charge in [0, 0.05) is 17.8 Å². The van der Waals surface area contributed by atoms with E-state index in [4.69, 9.17) is 32.7 Å². The highest BCUT2D eigenvalue weighted by atomic mass is 35.5. The van der Waals surface area contributed by atoms with Crippen molar-refractivity contribution in [1.29, 1.82) is 0 Å². The van der Waals surface area contributed by atoms with Gasteiger partial charge in [0.05, 0.1) is 22.3 Å². The Balaban J connectivity index is 1.39. The van der Waals surface area contributed by atoms with Gasteiger partial charge in [-0.3, -0.25) is 9.59 Å². The van der Waals surface area contributed by atoms with Gasteiger partial charge < -0.3 is 19.7 Å². The van der Waals surface area contributed by atoms with Crippen LogP contribution in [0.15, 0.2) is 60.7 Å². The standard InChI is InChI=1S/C26H24Cl2N2O4/c1-17-6-2-3-7-23(17)33-13-5-4-12-30-22-15-19(9-11-24(22)34-16-25(30)31)29-26(32)18-8-10-20(27)21(28)14-18/h2-3,6-11,14-15H,4-5,12-13,16H2,1H3,(H,29,32). The number of para-hydroxylation sites is 1. The highest BCUT2D eigenvalue weighted by molar-refractivity contribution is 6.42. The van der Waals surface area contributed by atoms with Gasteiger partial charge in [-0.25, -0.2) is 0 Å². The molecule has 0 aliphatic carbocycles. The lowest BCUT2D eigenvalue weighted by molar-refractivity contribution is -0.121. The van der Waals surface area contributed by atoms with Crippen molar-refractivity contribution < 1.29 is 19.1 Å². The summed E-state index contributed by atoms with van der Waals surface area (Å²) in [6.07, 6.45) is 1.55. The van der Waals surface area contributed by atoms with E-state index in [1.807, 2.05) is 31.2 Å². The zero-order valence-electron chi connectivity index (χ0n) is 18.6. The fourth-order valence-electron chi connectivity index (χ4n) is 3.64. The Labute approximate surface area is 208 Å². The van der Waals surface area contributed by atoms with Gasteiger partial charge in [-0.15, -0.1) is 0 Å². The summed E-state index contributed by atoms with van der Waals surface area (Å²) >= 11 is 12.0. The van der Waals surface area contributed by atoms with Gasteiger partial charge in [0.15, 0.2) is 6.61 Å². The maximum atomic E-state index is 12.6. The summed E-state index contributed by atoms with van der Waals surface area (Å²) in [5.41, 5.74) is 2.64. The Bertz CT molecular complexity index is 1220. The number of fused-ring (bicyclic) bond motifs is 1. The van der Waals surface area contributed by atoms with Crippen LogP contribution >= 0.6 is 23.2 Å². The lowest BCUT2D eigenvalue weighted by Crippen LogP contribution is -2.39. The number of nitrogens with one attached hydrogen (secondary N) is 1. The third-order valence-electron chi connectivity index (χ3n) is 5.47. The van der Waals surface area contributed by atoms with Gasteiger partial charge in [-0.05, 0) is 67.8 Å². The number of anilines is 2. The predicted octanol–water partition coefficient (Wildman–Crippen LogP) is 6.14. The maximum Gasteiger partial charge on any atom is 0.265 e. The van der Waals surface area contributed by atoms with Gasteiger partial charge in [-0.1, -0.05) is 41.4 Å². The summed E-state index contributed by atoms with van der Waals surface area (Å²) < 4.78 is 11.4. The molecular weight excluding hydrogens is 475 g/mol. The minimum atomic E-state index is -0.332. The van der Waals surface area contributed by atoms with Gasteiger partial charge in [0.1, 0.15) is 11.5 Å². The van der Waals surface area contributed by atoms with Gasteiger partial charge in [0.25, 0.3) is 11.8 Å². The number of ether oxygens (including phenoxy) is 2. The third kappa shape index (κ3) is 5.64. The Hall–Kier alpha value is -3.22. The Morgan fingerprint density at radius 2 is 1.88 bits per heavy atom. The highest BCUT2D eigenvalue weighted by Crippen LogP contribution is 2.35. The van der Waals surface area contributed by atoms with E-state index in [0.717, 1.165) is 24.2 Å². The summed E-state index contributed by atoms with van der Waals surface area (Å²) in [5, 5.41) is 3.52. The van der Waals surface area contributed by atoms with E-state index in [2.05, 4.69) is 5.32 Å². The molecule has 6 nitrogen and oxygen atoms in total. The molecule has 34 heavy (non-hydrogen) atoms. The van der Waals surface area contributed by atoms with E-state index in [-0.39, 0.29) is 18.4 Å². The van der Waals surface area contributed by atoms with Crippen molar-refractivity contribution in [2.24, 2.45) is 0 Å². The summed E-state index contributed by atoms with van der Waals surface area (Å²) in [6.45, 7) is 3.09. The molecule has 0 saturated carbocycles. The van der Waals surface area contributed by atoms with Crippen LogP contribution in [0.4, 0.5) is 11.4 Å². The molecule has 0 aromatic heterocycles. The minimum absolute atomic E-state index is 0.0122. The van der Waals surface area contributed by atoms with E-state index >= 15 is 0 Å². The molecule has 4 rings (SSSR count). The number of halogens is 2. The van der Waals surface area contributed by atoms with Crippen LogP contribution in [0.2, 0.25) is 10.0 Å². The summed E-state index contributed by atoms with van der Waals surface area (Å²) in [6, 6.07) is 17.8. The monoisotopic (exact) mass is 498 g/mol. The van der Waals surface area contributed by atoms with Crippen molar-refractivity contribution in [3.63, 3.8) is 0 Å². The average Bonchev–Trinajstić information content (AvgIpc) is 2.83. The molecule has 0 atom stereocenters. The van der Waals surface area contributed by atoms with Crippen molar-refractivity contribution in [3.05, 3.63) is 81.8 Å². The number of carbonyl (C=O) groups excluding carboxylic acids is 2. The summed E-state index contributed by atoms with van der Waals surface area (Å²) in [5.74, 6) is 1.02. The van der Waals surface area contributed by atoms with E-state index in [9.17, 15) is 9.59 Å². The first-order valence-corrected chi connectivity index (χ1v) is 11.7. The molecule has 8 heteroatoms. The smallest absolute Gasteiger partial charge is 0.265 e. The van der Waals surface area contributed by atoms with Crippen molar-refractivity contribution >= 4 is 46.4 Å². The lowest BCUT2D eigenvalue weighted by atomic mass is 10.1. The van der Waals surface area contributed by atoms with Crippen LogP contribution in [-0.4, -0.2) is 31.6 Å². The van der Waals surface area contributed by atoms with Crippen molar-refractivity contribution in [2.45, 2.75) is 19.8 Å². The van der Waals surface area contributed by atoms with E-state index < -0.39 is 0 Å². The first-order chi connectivity index (χ1) is 16.4. The molecule has 2 amide bonds. The second kappa shape index (κ2) is 10.8. The van der Waals surface area contributed by atoms with Crippen molar-refractivity contribution in [2.75, 3.05) is 30.0 Å². The van der Waals surface area contributed by atoms with Crippen LogP contribution in [-0.2, 0) is 4.79 Å². The van der Waals surface area contributed by atoms with Crippen LogP contribution in [0.1, 0.15) is 28.8 Å². The topological polar surface area (TPSA) is 67.9 Å². The molecule has 0 radical (unpaired) electrons. The van der Waals surface area contributed by atoms with Gasteiger partial charge in [-0.2, -0.15) is 0 Å². The van der Waals surface area contributed by atoms with Crippen molar-refractivity contribution in [3.8, 4) is 11.5 Å². The van der Waals surface area contributed by atoms with Crippen LogP contribution in [0, 0.1) is 6.92 Å². The Morgan fingerprint density at radius 1 is 1.06 bits per heavy atom. The highest BCUT2D eigenvalue weighted by Gasteiger charge is 2.25. The molecule has 1 heterocycles. The molecule has 0 saturated heterocycles. The fraction of sp³-hybridized carbons (Fsp3) is 0.231. The summed E-state index contributed by atoms with van der Waals surface area (Å²) in [4.78, 5) is 26.9. The average molecular weight is 499 g/mol. The second-order valence-electron chi connectivity index (χ2n) is 7.92. The minimum Gasteiger partial charge on any atom is -0.493 e. The number of unbranched alkanes of at least 4 members (excludes halogenated alkanes) is 1. The number of nitrogens with zero attached hydrogens (tertiary/aromatic N) is 1. The molecule has 176 valence electrons. The van der Waals surface area contributed by atoms with Crippen LogP contribution in [0.5, 0.6) is 11.5 Å². The number of aryl methyl sites for hydroxylation is 1. The van der Waals surface area contributed by atoms with Crippen molar-refractivity contribution in [1.82, 2.24) is 0 Å². The van der Waals surface area contributed by atoms with Gasteiger partial charge >= 0.3 is 0 Å². The zero-order chi connectivity index (χ0) is 24.1. The number of hydrogen-bond acceptors (Lipinski definition) is 4. The molecule has 3 aromatic rings. The second-order valence-corrected chi connectivity index (χ2v) is 8.74. The molecule has 3 aromatic carbocycles. The SMILES string of the molecule is Cc1ccccc1OCCCCN1C(=O)COc2ccc(NC(=O)c3ccc(Cl)c(Cl)c3)cc21. The fourth-order valence-corrected chi connectivity index (χ4v) is 3.94. The molecule has 1 N–H and O–H groups in total. The quantitative estimate of drug-likeness (QED) is 0.378. The zero-order valence-corrected chi connectivity index (χ0v) is 20.2. The predicted molar refractivity (Wildman–Crippen MR) is 135 cm³/mol. The third-order valence-corrected chi connectivity index (χ3v) is 6.21. The molecule has 1 aliphatic rings. The molecule has 1 aliphatic heterocycles. The maximum absolute atomic E-state index is 12.6. The summed E-state index contributed by atoms with van der Waals surface area (Å²) in [7, 11) is 0. The van der Waals surface area contributed by atoms with Crippen LogP contribution in [0.3, 0.4) is 0 Å². The normalized spacial score (nSPS) is 12.7. The van der Waals surface area contributed by atoms with E-state index in [1.165, 1.54) is 6.07 Å². The number of benzene rings is 3. The van der Waals surface area contributed by atoms with Crippen LogP contribution < -0.4 is 19.7 Å². The molecule has 0 spiro atoms. The van der Waals surface area contributed by atoms with Crippen LogP contribution in [0.25, 0.3) is 0 Å². The number of rotatable bonds is 8. The van der Waals surface area contributed by atoms with E-state index in [1.54, 1.807) is 35.2 Å². The first kappa shape index (κ1) is 23.9. The Kier molecular flexibility index (Phi) is 7.60. The Morgan fingerprint density at radius 3 is 2.68 bits per heavy atom. The molecule has 0 unspecified atom stereocenters. The first-order valence-electron chi connectivity index (χ1n) is 10.9. The number of amides is 2.